The molecule has 21 heavy (non-hydrogen) atoms. The summed E-state index contributed by atoms with van der Waals surface area (Å²) in [5.41, 5.74) is -0.650. The molecule has 0 amide bonds. The Morgan fingerprint density at radius 1 is 1.48 bits per heavy atom. The van der Waals surface area contributed by atoms with Crippen molar-refractivity contribution >= 4 is 11.8 Å². The van der Waals surface area contributed by atoms with Gasteiger partial charge in [-0.2, -0.15) is 0 Å². The molecule has 0 heterocycles. The molecule has 0 bridgehead atoms. The molecule has 0 aromatic heterocycles. The first-order valence-electron chi connectivity index (χ1n) is 6.83. The summed E-state index contributed by atoms with van der Waals surface area (Å²) < 4.78 is 18.4. The molecular weight excluding hydrogens is 277 g/mol. The average Bonchev–Trinajstić information content (AvgIpc) is 2.49. The van der Waals surface area contributed by atoms with Crippen molar-refractivity contribution in [3.63, 3.8) is 0 Å². The summed E-state index contributed by atoms with van der Waals surface area (Å²) in [7, 11) is 1.60. The van der Waals surface area contributed by atoms with E-state index in [1.165, 1.54) is 24.3 Å². The summed E-state index contributed by atoms with van der Waals surface area (Å²) in [6.07, 6.45) is 0.724. The molecular formula is C15H18FNO4. The van der Waals surface area contributed by atoms with Gasteiger partial charge in [-0.15, -0.1) is 0 Å². The van der Waals surface area contributed by atoms with Crippen LogP contribution in [0.25, 0.3) is 0 Å². The Morgan fingerprint density at radius 3 is 2.71 bits per heavy atom. The Bertz CT molecular complexity index is 531. The first-order valence-corrected chi connectivity index (χ1v) is 6.83. The summed E-state index contributed by atoms with van der Waals surface area (Å²) in [5.74, 6) is -1.30. The number of Topliss-reactive ketones (excluding diaryl/α,β-unsaturated/α-hetero) is 1. The predicted octanol–water partition coefficient (Wildman–Crippen LogP) is 0.897. The van der Waals surface area contributed by atoms with Crippen LogP contribution in [0.1, 0.15) is 24.8 Å². The summed E-state index contributed by atoms with van der Waals surface area (Å²) in [5, 5.41) is 11.8. The monoisotopic (exact) mass is 295 g/mol. The van der Waals surface area contributed by atoms with E-state index in [0.29, 0.717) is 24.8 Å². The second kappa shape index (κ2) is 6.32. The fraction of sp³-hybridized carbons (Fsp3) is 0.467. The Hall–Kier alpha value is -1.79. The zero-order chi connectivity index (χ0) is 15.5. The minimum Gasteiger partial charge on any atom is -0.458 e. The minimum absolute atomic E-state index is 0.112. The number of carbonyl (C=O) groups excluding carboxylic acids is 2. The molecule has 0 aliphatic heterocycles. The van der Waals surface area contributed by atoms with Crippen molar-refractivity contribution in [2.75, 3.05) is 13.7 Å². The number of nitrogens with one attached hydrogen (secondary N) is 1. The fourth-order valence-electron chi connectivity index (χ4n) is 2.89. The summed E-state index contributed by atoms with van der Waals surface area (Å²) in [6.45, 7) is -0.742. The van der Waals surface area contributed by atoms with Crippen LogP contribution in [0.2, 0.25) is 0 Å². The third kappa shape index (κ3) is 2.82. The summed E-state index contributed by atoms with van der Waals surface area (Å²) in [6, 6.07) is 5.55. The maximum absolute atomic E-state index is 13.1. The Labute approximate surface area is 122 Å². The maximum Gasteiger partial charge on any atom is 0.332 e. The average molecular weight is 295 g/mol. The molecule has 0 spiro atoms. The highest BCUT2D eigenvalue weighted by molar-refractivity contribution is 5.91. The van der Waals surface area contributed by atoms with E-state index in [2.05, 4.69) is 5.32 Å². The Kier molecular flexibility index (Phi) is 4.69. The zero-order valence-corrected chi connectivity index (χ0v) is 11.8. The van der Waals surface area contributed by atoms with Crippen molar-refractivity contribution in [3.05, 3.63) is 35.6 Å². The van der Waals surface area contributed by atoms with Gasteiger partial charge in [-0.1, -0.05) is 12.1 Å². The van der Waals surface area contributed by atoms with Gasteiger partial charge in [0, 0.05) is 6.42 Å². The molecule has 1 unspecified atom stereocenters. The highest BCUT2D eigenvalue weighted by Crippen LogP contribution is 2.36. The van der Waals surface area contributed by atoms with E-state index in [4.69, 9.17) is 9.84 Å². The molecule has 114 valence electrons. The van der Waals surface area contributed by atoms with E-state index < -0.39 is 30.0 Å². The van der Waals surface area contributed by atoms with Gasteiger partial charge in [-0.25, -0.2) is 9.18 Å². The van der Waals surface area contributed by atoms with Gasteiger partial charge >= 0.3 is 5.97 Å². The standard InChI is InChI=1S/C15H18FNO4/c1-17-15(10-5-7-11(16)8-6-10)12(19)3-2-4-13(15)21-14(20)9-18/h5-8,13,17-18H,2-4,9H2,1H3/t13?,15-/m1/s1. The van der Waals surface area contributed by atoms with Crippen molar-refractivity contribution in [3.8, 4) is 0 Å². The molecule has 5 nitrogen and oxygen atoms in total. The van der Waals surface area contributed by atoms with Crippen LogP contribution in [0.3, 0.4) is 0 Å². The summed E-state index contributed by atoms with van der Waals surface area (Å²) in [4.78, 5) is 23.9. The summed E-state index contributed by atoms with van der Waals surface area (Å²) >= 11 is 0. The SMILES string of the molecule is CN[C@]1(c2ccc(F)cc2)C(=O)CCCC1OC(=O)CO. The van der Waals surface area contributed by atoms with Crippen LogP contribution in [0.5, 0.6) is 0 Å². The normalized spacial score (nSPS) is 25.7. The van der Waals surface area contributed by atoms with Crippen molar-refractivity contribution in [1.29, 1.82) is 0 Å². The maximum atomic E-state index is 13.1. The van der Waals surface area contributed by atoms with Gasteiger partial charge < -0.3 is 15.2 Å². The van der Waals surface area contributed by atoms with Crippen LogP contribution in [-0.4, -0.2) is 36.6 Å². The van der Waals surface area contributed by atoms with E-state index in [9.17, 15) is 14.0 Å². The largest absolute Gasteiger partial charge is 0.458 e. The number of hydrogen-bond donors (Lipinski definition) is 2. The molecule has 2 rings (SSSR count). The van der Waals surface area contributed by atoms with Gasteiger partial charge in [0.1, 0.15) is 24.1 Å². The predicted molar refractivity (Wildman–Crippen MR) is 73.0 cm³/mol. The van der Waals surface area contributed by atoms with Gasteiger partial charge in [0.2, 0.25) is 0 Å². The first-order chi connectivity index (χ1) is 10.0. The molecule has 1 aromatic carbocycles. The number of rotatable bonds is 4. The van der Waals surface area contributed by atoms with Crippen molar-refractivity contribution in [2.24, 2.45) is 0 Å². The van der Waals surface area contributed by atoms with Crippen LogP contribution in [-0.2, 0) is 19.9 Å². The topological polar surface area (TPSA) is 75.6 Å². The van der Waals surface area contributed by atoms with E-state index in [1.54, 1.807) is 7.05 Å². The number of ketones is 1. The molecule has 2 atom stereocenters. The molecule has 0 saturated heterocycles. The van der Waals surface area contributed by atoms with E-state index >= 15 is 0 Å². The number of hydrogen-bond acceptors (Lipinski definition) is 5. The lowest BCUT2D eigenvalue weighted by molar-refractivity contribution is -0.162. The van der Waals surface area contributed by atoms with Gasteiger partial charge in [0.05, 0.1) is 0 Å². The van der Waals surface area contributed by atoms with Crippen LogP contribution < -0.4 is 5.32 Å². The van der Waals surface area contributed by atoms with Gasteiger partial charge in [-0.3, -0.25) is 4.79 Å². The quantitative estimate of drug-likeness (QED) is 0.807. The van der Waals surface area contributed by atoms with Crippen LogP contribution >= 0.6 is 0 Å². The van der Waals surface area contributed by atoms with Crippen molar-refractivity contribution in [2.45, 2.75) is 30.9 Å². The minimum atomic E-state index is -1.20. The number of esters is 1. The highest BCUT2D eigenvalue weighted by Gasteiger charge is 2.49. The van der Waals surface area contributed by atoms with E-state index in [1.807, 2.05) is 0 Å². The third-order valence-corrected chi connectivity index (χ3v) is 3.89. The number of likely N-dealkylation sites (N-methyl/N-ethyl adjacent to an activating group) is 1. The molecule has 2 N–H and O–H groups in total. The number of aliphatic hydroxyl groups is 1. The lowest BCUT2D eigenvalue weighted by Crippen LogP contribution is -2.59. The lowest BCUT2D eigenvalue weighted by Gasteiger charge is -2.42. The third-order valence-electron chi connectivity index (χ3n) is 3.89. The van der Waals surface area contributed by atoms with Crippen molar-refractivity contribution in [1.82, 2.24) is 5.32 Å². The second-order valence-electron chi connectivity index (χ2n) is 5.02. The molecule has 1 saturated carbocycles. The highest BCUT2D eigenvalue weighted by atomic mass is 19.1. The van der Waals surface area contributed by atoms with Crippen LogP contribution in [0, 0.1) is 5.82 Å². The number of benzene rings is 1. The Balaban J connectivity index is 2.44. The van der Waals surface area contributed by atoms with Gasteiger partial charge in [0.25, 0.3) is 0 Å². The number of carbonyl (C=O) groups is 2. The number of aliphatic hydroxyl groups excluding tert-OH is 1. The second-order valence-corrected chi connectivity index (χ2v) is 5.02. The van der Waals surface area contributed by atoms with E-state index in [0.717, 1.165) is 0 Å². The fourth-order valence-corrected chi connectivity index (χ4v) is 2.89. The first kappa shape index (κ1) is 15.6. The van der Waals surface area contributed by atoms with Crippen LogP contribution in [0.4, 0.5) is 4.39 Å². The van der Waals surface area contributed by atoms with E-state index in [-0.39, 0.29) is 5.78 Å². The van der Waals surface area contributed by atoms with Crippen LogP contribution in [0.15, 0.2) is 24.3 Å². The molecule has 1 aromatic rings. The van der Waals surface area contributed by atoms with Gasteiger partial charge in [0.15, 0.2) is 5.78 Å². The molecule has 6 heteroatoms. The zero-order valence-electron chi connectivity index (χ0n) is 11.8. The number of ether oxygens (including phenoxy) is 1. The lowest BCUT2D eigenvalue weighted by atomic mass is 9.73. The molecule has 1 aliphatic carbocycles. The Morgan fingerprint density at radius 2 is 2.14 bits per heavy atom. The van der Waals surface area contributed by atoms with Gasteiger partial charge in [-0.05, 0) is 37.6 Å². The molecule has 0 radical (unpaired) electrons. The molecule has 1 aliphatic rings. The van der Waals surface area contributed by atoms with Crippen molar-refractivity contribution < 1.29 is 23.8 Å². The number of halogens is 1. The smallest absolute Gasteiger partial charge is 0.332 e. The molecule has 1 fully saturated rings.